The molecule has 2 heterocycles. The molecule has 3 rings (SSSR count). The maximum Gasteiger partial charge on any atom is 0.433 e. The fourth-order valence-electron chi connectivity index (χ4n) is 3.37. The predicted octanol–water partition coefficient (Wildman–Crippen LogP) is 5.39. The number of likely N-dealkylation sites (N-methyl/N-ethyl adjacent to an activating group) is 1. The molecule has 0 radical (unpaired) electrons. The van der Waals surface area contributed by atoms with Crippen molar-refractivity contribution in [3.8, 4) is 0 Å². The van der Waals surface area contributed by atoms with Gasteiger partial charge in [0.2, 0.25) is 0 Å². The van der Waals surface area contributed by atoms with Crippen LogP contribution in [0.2, 0.25) is 0 Å². The van der Waals surface area contributed by atoms with Crippen LogP contribution in [-0.2, 0) is 17.8 Å². The number of pyridine rings is 1. The van der Waals surface area contributed by atoms with Crippen molar-refractivity contribution in [3.63, 3.8) is 0 Å². The summed E-state index contributed by atoms with van der Waals surface area (Å²) in [6.45, 7) is 5.72. The van der Waals surface area contributed by atoms with Crippen LogP contribution in [0.4, 0.5) is 32.0 Å². The molecule has 1 aromatic carbocycles. The number of alkyl halides is 6. The van der Waals surface area contributed by atoms with Gasteiger partial charge in [0.25, 0.3) is 0 Å². The molecule has 0 unspecified atom stereocenters. The lowest BCUT2D eigenvalue weighted by atomic mass is 9.80. The normalized spacial score (nSPS) is 20.2. The molecular weight excluding hydrogens is 346 g/mol. The van der Waals surface area contributed by atoms with Gasteiger partial charge in [-0.2, -0.15) is 26.3 Å². The van der Waals surface area contributed by atoms with Gasteiger partial charge in [-0.3, -0.25) is 0 Å². The van der Waals surface area contributed by atoms with E-state index in [0.717, 1.165) is 0 Å². The Hall–Kier alpha value is -1.99. The topological polar surface area (TPSA) is 16.1 Å². The Bertz CT molecular complexity index is 851. The third kappa shape index (κ3) is 2.62. The zero-order chi connectivity index (χ0) is 18.9. The second kappa shape index (κ2) is 5.02. The van der Waals surface area contributed by atoms with Crippen molar-refractivity contribution in [1.82, 2.24) is 4.98 Å². The van der Waals surface area contributed by atoms with E-state index in [0.29, 0.717) is 11.3 Å². The summed E-state index contributed by atoms with van der Waals surface area (Å²) in [6, 6.07) is 2.72. The molecule has 0 fully saturated rings. The van der Waals surface area contributed by atoms with Crippen molar-refractivity contribution >= 4 is 16.6 Å². The van der Waals surface area contributed by atoms with Crippen LogP contribution in [0.1, 0.15) is 37.6 Å². The maximum atomic E-state index is 13.4. The van der Waals surface area contributed by atoms with Crippen LogP contribution in [0, 0.1) is 0 Å². The number of nitrogens with zero attached hydrogens (tertiary/aromatic N) is 2. The molecule has 1 aromatic heterocycles. The highest BCUT2D eigenvalue weighted by Crippen LogP contribution is 2.47. The summed E-state index contributed by atoms with van der Waals surface area (Å²) in [7, 11) is 1.77. The van der Waals surface area contributed by atoms with Gasteiger partial charge in [-0.25, -0.2) is 4.98 Å². The van der Waals surface area contributed by atoms with Crippen LogP contribution in [-0.4, -0.2) is 18.1 Å². The molecule has 0 aliphatic carbocycles. The second-order valence-corrected chi connectivity index (χ2v) is 6.95. The Labute approximate surface area is 140 Å². The van der Waals surface area contributed by atoms with Crippen LogP contribution in [0.5, 0.6) is 0 Å². The highest BCUT2D eigenvalue weighted by atomic mass is 19.4. The molecule has 0 spiro atoms. The largest absolute Gasteiger partial charge is 0.433 e. The van der Waals surface area contributed by atoms with E-state index in [9.17, 15) is 26.3 Å². The van der Waals surface area contributed by atoms with Crippen molar-refractivity contribution in [1.29, 1.82) is 0 Å². The Morgan fingerprint density at radius 3 is 2.12 bits per heavy atom. The van der Waals surface area contributed by atoms with E-state index < -0.39 is 29.0 Å². The Kier molecular flexibility index (Phi) is 3.58. The third-order valence-corrected chi connectivity index (χ3v) is 5.22. The zero-order valence-electron chi connectivity index (χ0n) is 14.0. The standard InChI is InChI=1S/C17H16F6N2/c1-8-15(2,3)11-5-9-10(16(18,19)20)6-14(17(21,22)23)24-12(9)7-13(11)25(8)4/h5-8H,1-4H3/t8-/m0/s1. The molecule has 0 saturated heterocycles. The van der Waals surface area contributed by atoms with Crippen molar-refractivity contribution in [2.75, 3.05) is 11.9 Å². The lowest BCUT2D eigenvalue weighted by molar-refractivity contribution is -0.144. The summed E-state index contributed by atoms with van der Waals surface area (Å²) < 4.78 is 79.1. The quantitative estimate of drug-likeness (QED) is 0.584. The van der Waals surface area contributed by atoms with Gasteiger partial charge in [0.05, 0.1) is 11.1 Å². The van der Waals surface area contributed by atoms with Gasteiger partial charge >= 0.3 is 12.4 Å². The number of hydrogen-bond donors (Lipinski definition) is 0. The third-order valence-electron chi connectivity index (χ3n) is 5.22. The van der Waals surface area contributed by atoms with E-state index in [-0.39, 0.29) is 23.0 Å². The fourth-order valence-corrected chi connectivity index (χ4v) is 3.37. The maximum absolute atomic E-state index is 13.4. The molecule has 2 aromatic rings. The van der Waals surface area contributed by atoms with E-state index in [4.69, 9.17) is 0 Å². The molecule has 0 amide bonds. The second-order valence-electron chi connectivity index (χ2n) is 6.95. The van der Waals surface area contributed by atoms with Crippen LogP contribution >= 0.6 is 0 Å². The Balaban J connectivity index is 2.40. The average molecular weight is 362 g/mol. The number of benzene rings is 1. The lowest BCUT2D eigenvalue weighted by Crippen LogP contribution is -2.36. The minimum atomic E-state index is -4.95. The smallest absolute Gasteiger partial charge is 0.371 e. The average Bonchev–Trinajstić information content (AvgIpc) is 2.63. The van der Waals surface area contributed by atoms with E-state index in [1.807, 2.05) is 25.7 Å². The highest BCUT2D eigenvalue weighted by Gasteiger charge is 2.43. The summed E-state index contributed by atoms with van der Waals surface area (Å²) in [5.41, 5.74) is -2.33. The SMILES string of the molecule is C[C@@H]1N(C)c2cc3nc(C(F)(F)F)cc(C(F)(F)F)c3cc2C1(C)C. The molecule has 25 heavy (non-hydrogen) atoms. The summed E-state index contributed by atoms with van der Waals surface area (Å²) in [4.78, 5) is 5.30. The lowest BCUT2D eigenvalue weighted by Gasteiger charge is -2.28. The Morgan fingerprint density at radius 1 is 1.00 bits per heavy atom. The minimum absolute atomic E-state index is 0.0178. The minimum Gasteiger partial charge on any atom is -0.371 e. The van der Waals surface area contributed by atoms with E-state index in [1.54, 1.807) is 7.05 Å². The molecular formula is C17H16F6N2. The first-order valence-corrected chi connectivity index (χ1v) is 7.61. The number of fused-ring (bicyclic) bond motifs is 2. The molecule has 136 valence electrons. The molecule has 8 heteroatoms. The van der Waals surface area contributed by atoms with E-state index in [1.165, 1.54) is 12.1 Å². The molecule has 1 aliphatic rings. The molecule has 2 nitrogen and oxygen atoms in total. The number of hydrogen-bond acceptors (Lipinski definition) is 2. The van der Waals surface area contributed by atoms with Crippen molar-refractivity contribution in [3.05, 3.63) is 35.0 Å². The highest BCUT2D eigenvalue weighted by molar-refractivity contribution is 5.89. The van der Waals surface area contributed by atoms with Crippen LogP contribution < -0.4 is 4.90 Å². The predicted molar refractivity (Wildman–Crippen MR) is 82.6 cm³/mol. The number of anilines is 1. The first kappa shape index (κ1) is 17.8. The van der Waals surface area contributed by atoms with Gasteiger partial charge in [-0.1, -0.05) is 13.8 Å². The zero-order valence-corrected chi connectivity index (χ0v) is 14.0. The summed E-state index contributed by atoms with van der Waals surface area (Å²) in [6.07, 6.45) is -9.86. The molecule has 0 saturated carbocycles. The van der Waals surface area contributed by atoms with Crippen LogP contribution in [0.3, 0.4) is 0 Å². The van der Waals surface area contributed by atoms with Crippen LogP contribution in [0.25, 0.3) is 10.9 Å². The van der Waals surface area contributed by atoms with Gasteiger partial charge in [-0.05, 0) is 30.7 Å². The number of aromatic nitrogens is 1. The first-order valence-electron chi connectivity index (χ1n) is 7.61. The summed E-state index contributed by atoms with van der Waals surface area (Å²) in [5, 5.41) is -0.310. The Morgan fingerprint density at radius 2 is 1.60 bits per heavy atom. The van der Waals surface area contributed by atoms with Crippen LogP contribution in [0.15, 0.2) is 18.2 Å². The van der Waals surface area contributed by atoms with Crippen molar-refractivity contribution in [2.24, 2.45) is 0 Å². The van der Waals surface area contributed by atoms with Gasteiger partial charge in [0, 0.05) is 29.6 Å². The molecule has 1 aliphatic heterocycles. The van der Waals surface area contributed by atoms with Gasteiger partial charge in [-0.15, -0.1) is 0 Å². The number of halogens is 6. The van der Waals surface area contributed by atoms with Crippen molar-refractivity contribution < 1.29 is 26.3 Å². The molecule has 0 N–H and O–H groups in total. The molecule has 0 bridgehead atoms. The van der Waals surface area contributed by atoms with E-state index >= 15 is 0 Å². The van der Waals surface area contributed by atoms with Crippen molar-refractivity contribution in [2.45, 2.75) is 44.6 Å². The molecule has 1 atom stereocenters. The number of rotatable bonds is 0. The van der Waals surface area contributed by atoms with Gasteiger partial charge in [0.1, 0.15) is 5.69 Å². The summed E-state index contributed by atoms with van der Waals surface area (Å²) in [5.74, 6) is 0. The van der Waals surface area contributed by atoms with Gasteiger partial charge in [0.15, 0.2) is 0 Å². The van der Waals surface area contributed by atoms with E-state index in [2.05, 4.69) is 4.98 Å². The fraction of sp³-hybridized carbons (Fsp3) is 0.471. The summed E-state index contributed by atoms with van der Waals surface area (Å²) >= 11 is 0. The monoisotopic (exact) mass is 362 g/mol. The first-order chi connectivity index (χ1) is 11.2. The van der Waals surface area contributed by atoms with Gasteiger partial charge < -0.3 is 4.90 Å².